The molecule has 2 aromatic rings. The van der Waals surface area contributed by atoms with Gasteiger partial charge in [-0.05, 0) is 18.1 Å². The Bertz CT molecular complexity index is 890. The van der Waals surface area contributed by atoms with Gasteiger partial charge in [0, 0.05) is 0 Å². The monoisotopic (exact) mass is 348 g/mol. The summed E-state index contributed by atoms with van der Waals surface area (Å²) in [6.07, 6.45) is 0. The van der Waals surface area contributed by atoms with Gasteiger partial charge in [-0.25, -0.2) is 0 Å². The Morgan fingerprint density at radius 2 is 1.16 bits per heavy atom. The zero-order valence-corrected chi connectivity index (χ0v) is 12.4. The third-order valence-corrected chi connectivity index (χ3v) is 3.41. The van der Waals surface area contributed by atoms with Gasteiger partial charge < -0.3 is 0 Å². The quantitative estimate of drug-likeness (QED) is 0.584. The molecule has 128 valence electrons. The smallest absolute Gasteiger partial charge is 0.258 e. The Balaban J connectivity index is 3.17. The fourth-order valence-electron chi connectivity index (χ4n) is 2.39. The summed E-state index contributed by atoms with van der Waals surface area (Å²) in [5.41, 5.74) is -5.25. The Hall–Kier alpha value is -3.96. The van der Waals surface area contributed by atoms with Gasteiger partial charge in [0.15, 0.2) is 5.56 Å². The number of nitro groups is 4. The predicted molar refractivity (Wildman–Crippen MR) is 83.2 cm³/mol. The molecule has 0 aliphatic rings. The second kappa shape index (κ2) is 6.27. The molecule has 0 fully saturated rings. The van der Waals surface area contributed by atoms with Crippen LogP contribution in [0.25, 0.3) is 11.1 Å². The molecule has 25 heavy (non-hydrogen) atoms. The molecule has 0 radical (unpaired) electrons. The minimum atomic E-state index is -1.19. The molecule has 0 aromatic heterocycles. The van der Waals surface area contributed by atoms with E-state index in [1.165, 1.54) is 25.1 Å². The normalized spacial score (nSPS) is 10.3. The van der Waals surface area contributed by atoms with Crippen LogP contribution in [0.15, 0.2) is 30.3 Å². The molecule has 0 bridgehead atoms. The number of nitrogens with zero attached hydrogens (tertiary/aromatic N) is 4. The van der Waals surface area contributed by atoms with Crippen molar-refractivity contribution < 1.29 is 19.7 Å². The SMILES string of the molecule is Cc1ccccc1-c1c([N+](=O)[O-])c([N+](=O)[O-])cc([N+](=O)[O-])c1[N+](=O)[O-]. The number of rotatable bonds is 5. The lowest BCUT2D eigenvalue weighted by molar-refractivity contribution is -0.433. The molecule has 12 nitrogen and oxygen atoms in total. The van der Waals surface area contributed by atoms with E-state index in [-0.39, 0.29) is 11.6 Å². The summed E-state index contributed by atoms with van der Waals surface area (Å²) in [7, 11) is 0. The Morgan fingerprint density at radius 3 is 1.52 bits per heavy atom. The molecule has 0 aliphatic heterocycles. The molecule has 0 N–H and O–H groups in total. The maximum absolute atomic E-state index is 11.4. The van der Waals surface area contributed by atoms with Crippen LogP contribution in [0.3, 0.4) is 0 Å². The fraction of sp³-hybridized carbons (Fsp3) is 0.0769. The van der Waals surface area contributed by atoms with E-state index in [4.69, 9.17) is 0 Å². The van der Waals surface area contributed by atoms with E-state index in [2.05, 4.69) is 0 Å². The van der Waals surface area contributed by atoms with Crippen molar-refractivity contribution in [1.29, 1.82) is 0 Å². The number of hydrogen-bond donors (Lipinski definition) is 0. The van der Waals surface area contributed by atoms with Crippen molar-refractivity contribution in [3.8, 4) is 11.1 Å². The van der Waals surface area contributed by atoms with Gasteiger partial charge in [-0.3, -0.25) is 40.5 Å². The Labute approximate surface area is 137 Å². The second-order valence-corrected chi connectivity index (χ2v) is 4.83. The molecular formula is C13H8N4O8. The number of aryl methyl sites for hydroxylation is 1. The molecule has 12 heteroatoms. The van der Waals surface area contributed by atoms with Crippen LogP contribution in [0.5, 0.6) is 0 Å². The first-order chi connectivity index (χ1) is 11.7. The molecule has 0 saturated carbocycles. The van der Waals surface area contributed by atoms with E-state index in [1.54, 1.807) is 6.07 Å². The largest absolute Gasteiger partial charge is 0.361 e. The van der Waals surface area contributed by atoms with E-state index in [0.717, 1.165) is 0 Å². The van der Waals surface area contributed by atoms with Crippen LogP contribution in [0.1, 0.15) is 5.56 Å². The van der Waals surface area contributed by atoms with Gasteiger partial charge in [0.1, 0.15) is 6.07 Å². The van der Waals surface area contributed by atoms with Gasteiger partial charge in [-0.15, -0.1) is 0 Å². The first-order valence-electron chi connectivity index (χ1n) is 6.51. The number of benzene rings is 2. The maximum atomic E-state index is 11.4. The van der Waals surface area contributed by atoms with Crippen molar-refractivity contribution in [1.82, 2.24) is 0 Å². The highest BCUT2D eigenvalue weighted by molar-refractivity contribution is 5.92. The summed E-state index contributed by atoms with van der Waals surface area (Å²) in [5.74, 6) is 0. The third-order valence-electron chi connectivity index (χ3n) is 3.41. The lowest BCUT2D eigenvalue weighted by Crippen LogP contribution is -2.06. The lowest BCUT2D eigenvalue weighted by Gasteiger charge is -2.08. The van der Waals surface area contributed by atoms with Crippen LogP contribution in [0, 0.1) is 47.4 Å². The maximum Gasteiger partial charge on any atom is 0.361 e. The van der Waals surface area contributed by atoms with Gasteiger partial charge in [0.25, 0.3) is 0 Å². The van der Waals surface area contributed by atoms with Crippen LogP contribution in [-0.4, -0.2) is 19.7 Å². The van der Waals surface area contributed by atoms with Crippen molar-refractivity contribution >= 4 is 22.7 Å². The van der Waals surface area contributed by atoms with Gasteiger partial charge in [-0.1, -0.05) is 24.3 Å². The second-order valence-electron chi connectivity index (χ2n) is 4.83. The van der Waals surface area contributed by atoms with E-state index in [0.29, 0.717) is 5.56 Å². The van der Waals surface area contributed by atoms with Crippen molar-refractivity contribution in [2.75, 3.05) is 0 Å². The van der Waals surface area contributed by atoms with Crippen LogP contribution >= 0.6 is 0 Å². The minimum absolute atomic E-state index is 0.0762. The summed E-state index contributed by atoms with van der Waals surface area (Å²) in [6, 6.07) is 5.91. The molecule has 0 saturated heterocycles. The highest BCUT2D eigenvalue weighted by atomic mass is 16.6. The minimum Gasteiger partial charge on any atom is -0.258 e. The van der Waals surface area contributed by atoms with E-state index in [9.17, 15) is 40.5 Å². The first-order valence-corrected chi connectivity index (χ1v) is 6.51. The number of hydrogen-bond acceptors (Lipinski definition) is 8. The average molecular weight is 348 g/mol. The van der Waals surface area contributed by atoms with Crippen LogP contribution in [0.4, 0.5) is 22.7 Å². The zero-order chi connectivity index (χ0) is 18.9. The summed E-state index contributed by atoms with van der Waals surface area (Å²) >= 11 is 0. The predicted octanol–water partition coefficient (Wildman–Crippen LogP) is 3.29. The highest BCUT2D eigenvalue weighted by Gasteiger charge is 2.43. The summed E-state index contributed by atoms with van der Waals surface area (Å²) in [5, 5.41) is 45.1. The molecule has 0 amide bonds. The highest BCUT2D eigenvalue weighted by Crippen LogP contribution is 2.49. The average Bonchev–Trinajstić information content (AvgIpc) is 2.52. The lowest BCUT2D eigenvalue weighted by atomic mass is 9.95. The standard InChI is InChI=1S/C13H8N4O8/c1-7-4-2-3-5-8(7)11-12(16(22)23)9(14(18)19)6-10(15(20)21)13(11)17(24)25/h2-6H,1H3. The van der Waals surface area contributed by atoms with Crippen LogP contribution in [0.2, 0.25) is 0 Å². The van der Waals surface area contributed by atoms with Gasteiger partial charge in [0.05, 0.1) is 19.7 Å². The summed E-state index contributed by atoms with van der Waals surface area (Å²) in [4.78, 5) is 40.4. The van der Waals surface area contributed by atoms with E-state index in [1.807, 2.05) is 0 Å². The number of nitro benzene ring substituents is 4. The molecule has 0 spiro atoms. The topological polar surface area (TPSA) is 173 Å². The Kier molecular flexibility index (Phi) is 4.36. The molecule has 0 atom stereocenters. The van der Waals surface area contributed by atoms with Crippen LogP contribution < -0.4 is 0 Å². The van der Waals surface area contributed by atoms with Gasteiger partial charge in [0.2, 0.25) is 0 Å². The van der Waals surface area contributed by atoms with E-state index >= 15 is 0 Å². The molecular weight excluding hydrogens is 340 g/mol. The molecule has 0 unspecified atom stereocenters. The molecule has 0 aliphatic carbocycles. The van der Waals surface area contributed by atoms with Gasteiger partial charge >= 0.3 is 22.7 Å². The third kappa shape index (κ3) is 2.95. The summed E-state index contributed by atoms with van der Waals surface area (Å²) in [6.45, 7) is 1.47. The van der Waals surface area contributed by atoms with Crippen molar-refractivity contribution in [2.24, 2.45) is 0 Å². The van der Waals surface area contributed by atoms with Crippen molar-refractivity contribution in [3.05, 3.63) is 76.4 Å². The molecule has 2 aromatic carbocycles. The zero-order valence-electron chi connectivity index (χ0n) is 12.4. The van der Waals surface area contributed by atoms with E-state index < -0.39 is 48.0 Å². The first kappa shape index (κ1) is 17.4. The van der Waals surface area contributed by atoms with Crippen molar-refractivity contribution in [3.63, 3.8) is 0 Å². The van der Waals surface area contributed by atoms with Crippen LogP contribution in [-0.2, 0) is 0 Å². The summed E-state index contributed by atoms with van der Waals surface area (Å²) < 4.78 is 0. The molecule has 0 heterocycles. The molecule has 2 rings (SSSR count). The fourth-order valence-corrected chi connectivity index (χ4v) is 2.39. The van der Waals surface area contributed by atoms with Crippen molar-refractivity contribution in [2.45, 2.75) is 6.92 Å². The Morgan fingerprint density at radius 1 is 0.720 bits per heavy atom. The van der Waals surface area contributed by atoms with Gasteiger partial charge in [-0.2, -0.15) is 0 Å².